The highest BCUT2D eigenvalue weighted by Crippen LogP contribution is 2.11. The monoisotopic (exact) mass is 210 g/mol. The molecule has 0 aromatic rings. The molecule has 0 aromatic carbocycles. The Kier molecular flexibility index (Phi) is 7.69. The van der Waals surface area contributed by atoms with Gasteiger partial charge in [-0.25, -0.2) is 0 Å². The van der Waals surface area contributed by atoms with Crippen LogP contribution in [0.15, 0.2) is 23.8 Å². The lowest BCUT2D eigenvalue weighted by Gasteiger charge is -2.06. The van der Waals surface area contributed by atoms with Crippen LogP contribution in [0.2, 0.25) is 0 Å². The molecule has 2 heteroatoms. The zero-order valence-electron chi connectivity index (χ0n) is 10.2. The summed E-state index contributed by atoms with van der Waals surface area (Å²) in [5, 5.41) is 0. The van der Waals surface area contributed by atoms with Gasteiger partial charge in [0, 0.05) is 6.42 Å². The van der Waals surface area contributed by atoms with Gasteiger partial charge < -0.3 is 4.74 Å². The number of hydrogen-bond donors (Lipinski definition) is 0. The Labute approximate surface area is 93.0 Å². The molecule has 0 aliphatic rings. The summed E-state index contributed by atoms with van der Waals surface area (Å²) < 4.78 is 4.94. The summed E-state index contributed by atoms with van der Waals surface area (Å²) >= 11 is 0. The Morgan fingerprint density at radius 3 is 2.60 bits per heavy atom. The van der Waals surface area contributed by atoms with E-state index in [0.29, 0.717) is 18.9 Å². The number of ether oxygens (including phenoxy) is 1. The fraction of sp³-hybridized carbons (Fsp3) is 0.615. The number of allylic oxidation sites excluding steroid dienone is 3. The van der Waals surface area contributed by atoms with Crippen molar-refractivity contribution in [2.75, 3.05) is 6.61 Å². The fourth-order valence-electron chi connectivity index (χ4n) is 1.16. The molecule has 1 unspecified atom stereocenters. The van der Waals surface area contributed by atoms with E-state index in [1.807, 2.05) is 6.08 Å². The molecule has 0 saturated carbocycles. The van der Waals surface area contributed by atoms with Crippen LogP contribution >= 0.6 is 0 Å². The third-order valence-electron chi connectivity index (χ3n) is 2.30. The van der Waals surface area contributed by atoms with E-state index in [9.17, 15) is 4.79 Å². The summed E-state index contributed by atoms with van der Waals surface area (Å²) in [5.41, 5.74) is 1.36. The van der Waals surface area contributed by atoms with Gasteiger partial charge in [-0.2, -0.15) is 0 Å². The molecule has 2 nitrogen and oxygen atoms in total. The van der Waals surface area contributed by atoms with Gasteiger partial charge in [-0.05, 0) is 19.3 Å². The molecule has 0 aliphatic heterocycles. The van der Waals surface area contributed by atoms with E-state index in [1.165, 1.54) is 5.57 Å². The van der Waals surface area contributed by atoms with Crippen molar-refractivity contribution in [3.05, 3.63) is 23.8 Å². The molecule has 0 spiro atoms. The number of rotatable bonds is 6. The maximum Gasteiger partial charge on any atom is 0.305 e. The second kappa shape index (κ2) is 8.27. The summed E-state index contributed by atoms with van der Waals surface area (Å²) in [5.74, 6) is 0.276. The maximum absolute atomic E-state index is 10.8. The van der Waals surface area contributed by atoms with Gasteiger partial charge in [-0.3, -0.25) is 4.79 Å². The number of carbonyl (C=O) groups excluding carboxylic acids is 1. The molecule has 0 rings (SSSR count). The molecular weight excluding hydrogens is 188 g/mol. The predicted molar refractivity (Wildman–Crippen MR) is 63.6 cm³/mol. The van der Waals surface area contributed by atoms with Crippen LogP contribution in [0.4, 0.5) is 0 Å². The fourth-order valence-corrected chi connectivity index (χ4v) is 1.16. The van der Waals surface area contributed by atoms with Crippen molar-refractivity contribution >= 4 is 5.97 Å². The minimum Gasteiger partial charge on any atom is -0.461 e. The average Bonchev–Trinajstić information content (AvgIpc) is 2.23. The Bertz CT molecular complexity index is 239. The Hall–Kier alpha value is -1.05. The van der Waals surface area contributed by atoms with Crippen molar-refractivity contribution in [1.82, 2.24) is 0 Å². The van der Waals surface area contributed by atoms with E-state index in [1.54, 1.807) is 6.92 Å². The highest BCUT2D eigenvalue weighted by Gasteiger charge is 1.98. The zero-order chi connectivity index (χ0) is 11.7. The molecule has 0 aromatic heterocycles. The highest BCUT2D eigenvalue weighted by molar-refractivity contribution is 5.68. The molecule has 86 valence electrons. The van der Waals surface area contributed by atoms with E-state index in [2.05, 4.69) is 32.9 Å². The van der Waals surface area contributed by atoms with Crippen LogP contribution < -0.4 is 0 Å². The molecule has 0 aliphatic carbocycles. The second-order valence-corrected chi connectivity index (χ2v) is 3.61. The molecule has 15 heavy (non-hydrogen) atoms. The molecule has 0 radical (unpaired) electrons. The van der Waals surface area contributed by atoms with Crippen LogP contribution in [-0.2, 0) is 9.53 Å². The van der Waals surface area contributed by atoms with Gasteiger partial charge in [-0.15, -0.1) is 0 Å². The van der Waals surface area contributed by atoms with Crippen molar-refractivity contribution in [3.8, 4) is 0 Å². The van der Waals surface area contributed by atoms with E-state index in [-0.39, 0.29) is 5.97 Å². The minimum atomic E-state index is -0.145. The van der Waals surface area contributed by atoms with Gasteiger partial charge in [0.15, 0.2) is 0 Å². The summed E-state index contributed by atoms with van der Waals surface area (Å²) in [4.78, 5) is 10.8. The summed E-state index contributed by atoms with van der Waals surface area (Å²) in [6.07, 6.45) is 7.70. The van der Waals surface area contributed by atoms with Gasteiger partial charge in [0.05, 0.1) is 0 Å². The van der Waals surface area contributed by atoms with Crippen LogP contribution in [0.5, 0.6) is 0 Å². The normalized spacial score (nSPS) is 14.3. The van der Waals surface area contributed by atoms with Crippen LogP contribution in [0, 0.1) is 5.92 Å². The predicted octanol–water partition coefficient (Wildman–Crippen LogP) is 3.49. The van der Waals surface area contributed by atoms with Crippen LogP contribution in [0.1, 0.15) is 40.5 Å². The molecule has 0 fully saturated rings. The van der Waals surface area contributed by atoms with E-state index < -0.39 is 0 Å². The van der Waals surface area contributed by atoms with E-state index in [4.69, 9.17) is 4.74 Å². The Balaban J connectivity index is 3.86. The Morgan fingerprint density at radius 1 is 1.40 bits per heavy atom. The summed E-state index contributed by atoms with van der Waals surface area (Å²) in [7, 11) is 0. The van der Waals surface area contributed by atoms with Crippen molar-refractivity contribution in [2.45, 2.75) is 40.5 Å². The molecule has 1 atom stereocenters. The van der Waals surface area contributed by atoms with Crippen molar-refractivity contribution in [2.24, 2.45) is 5.92 Å². The van der Waals surface area contributed by atoms with Crippen molar-refractivity contribution in [3.63, 3.8) is 0 Å². The SMILES string of the molecule is CC/C=C(\C)C(C)/C=C/COC(=O)CC. The molecule has 0 N–H and O–H groups in total. The standard InChI is InChI=1S/C13H22O2/c1-5-8-11(3)12(4)9-7-10-15-13(14)6-2/h7-9,12H,5-6,10H2,1-4H3/b9-7+,11-8+. The number of hydrogen-bond acceptors (Lipinski definition) is 2. The molecule has 0 bridgehead atoms. The molecular formula is C13H22O2. The lowest BCUT2D eigenvalue weighted by atomic mass is 10.0. The summed E-state index contributed by atoms with van der Waals surface area (Å²) in [6.45, 7) is 8.57. The number of carbonyl (C=O) groups is 1. The number of esters is 1. The smallest absolute Gasteiger partial charge is 0.305 e. The average molecular weight is 210 g/mol. The van der Waals surface area contributed by atoms with Gasteiger partial charge >= 0.3 is 5.97 Å². The van der Waals surface area contributed by atoms with Gasteiger partial charge in [0.25, 0.3) is 0 Å². The van der Waals surface area contributed by atoms with E-state index in [0.717, 1.165) is 6.42 Å². The molecule has 0 saturated heterocycles. The quantitative estimate of drug-likeness (QED) is 0.495. The summed E-state index contributed by atoms with van der Waals surface area (Å²) in [6, 6.07) is 0. The first-order valence-electron chi connectivity index (χ1n) is 5.60. The van der Waals surface area contributed by atoms with Crippen LogP contribution in [0.3, 0.4) is 0 Å². The molecule has 0 heterocycles. The highest BCUT2D eigenvalue weighted by atomic mass is 16.5. The largest absolute Gasteiger partial charge is 0.461 e. The third kappa shape index (κ3) is 6.95. The Morgan fingerprint density at radius 2 is 2.07 bits per heavy atom. The lowest BCUT2D eigenvalue weighted by Crippen LogP contribution is -2.02. The van der Waals surface area contributed by atoms with Gasteiger partial charge in [0.1, 0.15) is 6.61 Å². The van der Waals surface area contributed by atoms with Crippen molar-refractivity contribution < 1.29 is 9.53 Å². The van der Waals surface area contributed by atoms with Crippen LogP contribution in [-0.4, -0.2) is 12.6 Å². The van der Waals surface area contributed by atoms with E-state index >= 15 is 0 Å². The molecule has 0 amide bonds. The first kappa shape index (κ1) is 13.9. The first-order chi connectivity index (χ1) is 7.11. The topological polar surface area (TPSA) is 26.3 Å². The van der Waals surface area contributed by atoms with Crippen molar-refractivity contribution in [1.29, 1.82) is 0 Å². The zero-order valence-corrected chi connectivity index (χ0v) is 10.2. The third-order valence-corrected chi connectivity index (χ3v) is 2.30. The minimum absolute atomic E-state index is 0.145. The van der Waals surface area contributed by atoms with Crippen LogP contribution in [0.25, 0.3) is 0 Å². The van der Waals surface area contributed by atoms with Gasteiger partial charge in [-0.1, -0.05) is 44.6 Å². The second-order valence-electron chi connectivity index (χ2n) is 3.61. The van der Waals surface area contributed by atoms with Gasteiger partial charge in [0.2, 0.25) is 0 Å². The lowest BCUT2D eigenvalue weighted by molar-refractivity contribution is -0.141. The maximum atomic E-state index is 10.8. The first-order valence-corrected chi connectivity index (χ1v) is 5.60.